The molecular weight excluding hydrogens is 342 g/mol. The Morgan fingerprint density at radius 2 is 1.92 bits per heavy atom. The summed E-state index contributed by atoms with van der Waals surface area (Å²) >= 11 is 5.94. The number of nitrogens with zero attached hydrogens (tertiary/aromatic N) is 2. The van der Waals surface area contributed by atoms with Gasteiger partial charge in [0, 0.05) is 5.92 Å². The lowest BCUT2D eigenvalue weighted by molar-refractivity contribution is -0.265. The highest BCUT2D eigenvalue weighted by Gasteiger charge is 2.28. The van der Waals surface area contributed by atoms with E-state index >= 15 is 0 Å². The normalized spacial score (nSPS) is 17.1. The number of halogens is 1. The van der Waals surface area contributed by atoms with Crippen molar-refractivity contribution in [1.29, 1.82) is 0 Å². The summed E-state index contributed by atoms with van der Waals surface area (Å²) in [4.78, 5) is 34.3. The van der Waals surface area contributed by atoms with Crippen molar-refractivity contribution in [1.82, 2.24) is 9.97 Å². The summed E-state index contributed by atoms with van der Waals surface area (Å²) in [6.07, 6.45) is 0.828. The van der Waals surface area contributed by atoms with E-state index in [9.17, 15) is 9.59 Å². The maximum Gasteiger partial charge on any atom is 0.232 e. The molecule has 0 radical (unpaired) electrons. The van der Waals surface area contributed by atoms with Crippen LogP contribution >= 0.6 is 11.6 Å². The molecule has 3 N–H and O–H groups in total. The van der Waals surface area contributed by atoms with E-state index in [1.165, 1.54) is 0 Å². The van der Waals surface area contributed by atoms with Crippen molar-refractivity contribution < 1.29 is 23.9 Å². The van der Waals surface area contributed by atoms with Crippen LogP contribution in [0, 0.1) is 5.92 Å². The largest absolute Gasteiger partial charge is 0.350 e. The van der Waals surface area contributed by atoms with Crippen LogP contribution in [0.5, 0.6) is 0 Å². The molecule has 0 bridgehead atoms. The molecule has 0 atom stereocenters. The first-order valence-electron chi connectivity index (χ1n) is 7.09. The van der Waals surface area contributed by atoms with E-state index in [0.717, 1.165) is 0 Å². The number of anilines is 3. The molecule has 1 aliphatic rings. The third-order valence-electron chi connectivity index (χ3n) is 3.08. The number of amides is 2. The Labute approximate surface area is 143 Å². The first-order valence-corrected chi connectivity index (χ1v) is 7.46. The Kier molecular flexibility index (Phi) is 6.26. The van der Waals surface area contributed by atoms with E-state index in [1.807, 2.05) is 13.8 Å². The lowest BCUT2D eigenvalue weighted by Crippen LogP contribution is -2.41. The van der Waals surface area contributed by atoms with Crippen LogP contribution in [-0.4, -0.2) is 48.4 Å². The van der Waals surface area contributed by atoms with Gasteiger partial charge in [0.15, 0.2) is 16.8 Å². The molecule has 1 fully saturated rings. The molecule has 0 aliphatic carbocycles. The van der Waals surface area contributed by atoms with Crippen LogP contribution < -0.4 is 16.1 Å². The van der Waals surface area contributed by atoms with Crippen molar-refractivity contribution in [2.24, 2.45) is 5.92 Å². The van der Waals surface area contributed by atoms with Crippen molar-refractivity contribution in [3.63, 3.8) is 0 Å². The van der Waals surface area contributed by atoms with E-state index in [4.69, 9.17) is 25.9 Å². The molecule has 1 aliphatic heterocycles. The van der Waals surface area contributed by atoms with Crippen molar-refractivity contribution >= 4 is 41.9 Å². The second kappa shape index (κ2) is 8.20. The van der Waals surface area contributed by atoms with Crippen LogP contribution in [-0.2, 0) is 23.9 Å². The molecule has 0 unspecified atom stereocenters. The number of hydrogen-bond acceptors (Lipinski definition) is 8. The van der Waals surface area contributed by atoms with Gasteiger partial charge in [0.25, 0.3) is 0 Å². The summed E-state index contributed by atoms with van der Waals surface area (Å²) in [6, 6.07) is 0. The summed E-state index contributed by atoms with van der Waals surface area (Å²) in [7, 11) is 0. The van der Waals surface area contributed by atoms with Gasteiger partial charge in [0.2, 0.25) is 18.8 Å². The third-order valence-corrected chi connectivity index (χ3v) is 3.35. The molecule has 2 rings (SSSR count). The van der Waals surface area contributed by atoms with Crippen molar-refractivity contribution in [2.75, 3.05) is 35.9 Å². The fraction of sp³-hybridized carbons (Fsp3) is 0.538. The lowest BCUT2D eigenvalue weighted by Gasteiger charge is -2.34. The second-order valence-corrected chi connectivity index (χ2v) is 5.74. The van der Waals surface area contributed by atoms with E-state index < -0.39 is 5.79 Å². The van der Waals surface area contributed by atoms with Gasteiger partial charge in [0.1, 0.15) is 5.69 Å². The SMILES string of the molecule is CC1(C)OCC(CONc2nc(NC=O)nc(Cl)c2NC=O)CO1. The number of carbonyl (C=O) groups excluding carboxylic acids is 2. The molecule has 132 valence electrons. The molecule has 24 heavy (non-hydrogen) atoms. The zero-order valence-electron chi connectivity index (χ0n) is 13.2. The Morgan fingerprint density at radius 1 is 1.25 bits per heavy atom. The van der Waals surface area contributed by atoms with Gasteiger partial charge in [-0.2, -0.15) is 9.97 Å². The first-order chi connectivity index (χ1) is 11.4. The van der Waals surface area contributed by atoms with Crippen LogP contribution in [0.15, 0.2) is 0 Å². The van der Waals surface area contributed by atoms with Crippen molar-refractivity contribution in [3.05, 3.63) is 5.15 Å². The predicted octanol–water partition coefficient (Wildman–Crippen LogP) is 1.01. The summed E-state index contributed by atoms with van der Waals surface area (Å²) in [5.74, 6) is -0.508. The fourth-order valence-corrected chi connectivity index (χ4v) is 2.09. The van der Waals surface area contributed by atoms with Crippen LogP contribution in [0.2, 0.25) is 5.15 Å². The van der Waals surface area contributed by atoms with Gasteiger partial charge >= 0.3 is 0 Å². The number of hydrogen-bond donors (Lipinski definition) is 3. The molecular formula is C13H18ClN5O5. The zero-order valence-corrected chi connectivity index (χ0v) is 13.9. The third kappa shape index (κ3) is 4.99. The van der Waals surface area contributed by atoms with Crippen LogP contribution in [0.3, 0.4) is 0 Å². The first kappa shape index (κ1) is 18.3. The minimum absolute atomic E-state index is 0.0258. The highest BCUT2D eigenvalue weighted by atomic mass is 35.5. The number of rotatable bonds is 8. The molecule has 10 nitrogen and oxygen atoms in total. The average molecular weight is 360 g/mol. The van der Waals surface area contributed by atoms with E-state index in [0.29, 0.717) is 26.0 Å². The van der Waals surface area contributed by atoms with E-state index in [1.54, 1.807) is 0 Å². The topological polar surface area (TPSA) is 124 Å². The van der Waals surface area contributed by atoms with Gasteiger partial charge in [-0.15, -0.1) is 0 Å². The summed E-state index contributed by atoms with van der Waals surface area (Å²) in [5.41, 5.74) is 2.71. The van der Waals surface area contributed by atoms with Crippen molar-refractivity contribution in [2.45, 2.75) is 19.6 Å². The predicted molar refractivity (Wildman–Crippen MR) is 85.5 cm³/mol. The maximum absolute atomic E-state index is 10.7. The standard InChI is InChI=1S/C13H18ClN5O5/c1-13(2)22-3-8(4-23-13)5-24-19-11-9(15-6-20)10(14)17-12(18-11)16-7-21/h6-8H,3-5H2,1-2H3,(H,15,20)(H2,16,17,18,19,21). The minimum Gasteiger partial charge on any atom is -0.350 e. The van der Waals surface area contributed by atoms with E-state index in [-0.39, 0.29) is 35.1 Å². The Bertz CT molecular complexity index is 590. The number of ether oxygens (including phenoxy) is 2. The highest BCUT2D eigenvalue weighted by molar-refractivity contribution is 6.33. The monoisotopic (exact) mass is 359 g/mol. The summed E-state index contributed by atoms with van der Waals surface area (Å²) < 4.78 is 11.1. The van der Waals surface area contributed by atoms with E-state index in [2.05, 4.69) is 26.1 Å². The second-order valence-electron chi connectivity index (χ2n) is 5.39. The Morgan fingerprint density at radius 3 is 2.54 bits per heavy atom. The van der Waals surface area contributed by atoms with Gasteiger partial charge in [-0.1, -0.05) is 11.6 Å². The zero-order chi connectivity index (χ0) is 17.6. The molecule has 1 aromatic heterocycles. The van der Waals surface area contributed by atoms with Gasteiger partial charge in [-0.05, 0) is 13.8 Å². The van der Waals surface area contributed by atoms with Gasteiger partial charge < -0.3 is 14.8 Å². The van der Waals surface area contributed by atoms with Crippen LogP contribution in [0.1, 0.15) is 13.8 Å². The van der Waals surface area contributed by atoms with Gasteiger partial charge in [0.05, 0.1) is 19.8 Å². The minimum atomic E-state index is -0.597. The molecule has 2 heterocycles. The van der Waals surface area contributed by atoms with Crippen LogP contribution in [0.4, 0.5) is 17.5 Å². The number of nitrogens with one attached hydrogen (secondary N) is 3. The number of carbonyl (C=O) groups is 2. The molecule has 0 saturated carbocycles. The maximum atomic E-state index is 10.7. The fourth-order valence-electron chi connectivity index (χ4n) is 1.86. The average Bonchev–Trinajstić information content (AvgIpc) is 2.52. The Hall–Kier alpha value is -2.01. The molecule has 11 heteroatoms. The van der Waals surface area contributed by atoms with Gasteiger partial charge in [-0.3, -0.25) is 19.7 Å². The molecule has 2 amide bonds. The molecule has 0 aromatic carbocycles. The quantitative estimate of drug-likeness (QED) is 0.357. The number of aromatic nitrogens is 2. The summed E-state index contributed by atoms with van der Waals surface area (Å²) in [6.45, 7) is 4.91. The molecule has 1 aromatic rings. The highest BCUT2D eigenvalue weighted by Crippen LogP contribution is 2.28. The van der Waals surface area contributed by atoms with Gasteiger partial charge in [-0.25, -0.2) is 5.48 Å². The van der Waals surface area contributed by atoms with Crippen molar-refractivity contribution in [3.8, 4) is 0 Å². The smallest absolute Gasteiger partial charge is 0.232 e. The Balaban J connectivity index is 1.97. The van der Waals surface area contributed by atoms with Crippen LogP contribution in [0.25, 0.3) is 0 Å². The molecule has 0 spiro atoms. The summed E-state index contributed by atoms with van der Waals surface area (Å²) in [5, 5.41) is 4.58. The molecule has 1 saturated heterocycles. The lowest BCUT2D eigenvalue weighted by atomic mass is 10.1.